The molecule has 2 rings (SSSR count). The monoisotopic (exact) mass is 382 g/mol. The van der Waals surface area contributed by atoms with Crippen molar-refractivity contribution >= 4 is 46.8 Å². The number of halogens is 2. The molecule has 0 unspecified atom stereocenters. The van der Waals surface area contributed by atoms with Crippen molar-refractivity contribution in [3.05, 3.63) is 52.1 Å². The number of ether oxygens (including phenoxy) is 1. The summed E-state index contributed by atoms with van der Waals surface area (Å²) >= 11 is 12.0. The summed E-state index contributed by atoms with van der Waals surface area (Å²) in [5.41, 5.74) is -0.659. The molecule has 0 saturated heterocycles. The maximum Gasteiger partial charge on any atom is 0.420 e. The van der Waals surface area contributed by atoms with Crippen LogP contribution in [0.25, 0.3) is 0 Å². The first-order valence-corrected chi connectivity index (χ1v) is 8.02. The number of aromatic nitrogens is 1. The second-order valence-electron chi connectivity index (χ2n) is 6.09. The van der Waals surface area contributed by atoms with Gasteiger partial charge in [-0.15, -0.1) is 0 Å². The SMILES string of the molecule is CC(C)(C)OC(=O)N(c1ccc(Cl)c(Cl)c1)c1ncccc1C(=O)O. The Kier molecular flexibility index (Phi) is 5.55. The molecule has 1 heterocycles. The predicted molar refractivity (Wildman–Crippen MR) is 96.0 cm³/mol. The Bertz CT molecular complexity index is 819. The van der Waals surface area contributed by atoms with Crippen LogP contribution in [-0.2, 0) is 4.74 Å². The second-order valence-corrected chi connectivity index (χ2v) is 6.91. The Morgan fingerprint density at radius 1 is 1.16 bits per heavy atom. The zero-order valence-corrected chi connectivity index (χ0v) is 15.3. The fourth-order valence-corrected chi connectivity index (χ4v) is 2.28. The van der Waals surface area contributed by atoms with Crippen molar-refractivity contribution in [2.24, 2.45) is 0 Å². The molecule has 0 atom stereocenters. The smallest absolute Gasteiger partial charge is 0.420 e. The van der Waals surface area contributed by atoms with E-state index in [0.29, 0.717) is 5.02 Å². The van der Waals surface area contributed by atoms with Crippen LogP contribution in [-0.4, -0.2) is 27.8 Å². The van der Waals surface area contributed by atoms with Crippen molar-refractivity contribution in [3.63, 3.8) is 0 Å². The minimum atomic E-state index is -1.23. The Balaban J connectivity index is 2.62. The molecule has 0 aliphatic rings. The predicted octanol–water partition coefficient (Wildman–Crippen LogP) is 5.16. The lowest BCUT2D eigenvalue weighted by atomic mass is 10.2. The molecule has 0 bridgehead atoms. The molecule has 25 heavy (non-hydrogen) atoms. The number of aromatic carboxylic acids is 1. The molecule has 1 aromatic heterocycles. The fourth-order valence-electron chi connectivity index (χ4n) is 1.99. The van der Waals surface area contributed by atoms with Crippen molar-refractivity contribution in [3.8, 4) is 0 Å². The number of carbonyl (C=O) groups is 2. The van der Waals surface area contributed by atoms with E-state index in [9.17, 15) is 14.7 Å². The van der Waals surface area contributed by atoms with Crippen LogP contribution in [0, 0.1) is 0 Å². The first-order valence-electron chi connectivity index (χ1n) is 7.26. The van der Waals surface area contributed by atoms with Crippen LogP contribution in [0.1, 0.15) is 31.1 Å². The van der Waals surface area contributed by atoms with Gasteiger partial charge < -0.3 is 9.84 Å². The maximum absolute atomic E-state index is 12.7. The zero-order valence-electron chi connectivity index (χ0n) is 13.8. The summed E-state index contributed by atoms with van der Waals surface area (Å²) in [5, 5.41) is 9.92. The third-order valence-electron chi connectivity index (χ3n) is 2.97. The van der Waals surface area contributed by atoms with Crippen molar-refractivity contribution in [2.45, 2.75) is 26.4 Å². The number of benzene rings is 1. The van der Waals surface area contributed by atoms with E-state index in [1.54, 1.807) is 20.8 Å². The number of rotatable bonds is 3. The molecule has 6 nitrogen and oxygen atoms in total. The third kappa shape index (κ3) is 4.61. The number of anilines is 2. The highest BCUT2D eigenvalue weighted by molar-refractivity contribution is 6.42. The van der Waals surface area contributed by atoms with Gasteiger partial charge in [-0.05, 0) is 51.1 Å². The van der Waals surface area contributed by atoms with Gasteiger partial charge in [0, 0.05) is 6.20 Å². The van der Waals surface area contributed by atoms with Crippen LogP contribution in [0.2, 0.25) is 10.0 Å². The highest BCUT2D eigenvalue weighted by Crippen LogP contribution is 2.33. The lowest BCUT2D eigenvalue weighted by Gasteiger charge is -2.27. The first kappa shape index (κ1) is 19.0. The molecule has 0 spiro atoms. The number of pyridine rings is 1. The largest absolute Gasteiger partial charge is 0.478 e. The summed E-state index contributed by atoms with van der Waals surface area (Å²) < 4.78 is 5.39. The van der Waals surface area contributed by atoms with Crippen LogP contribution < -0.4 is 4.90 Å². The van der Waals surface area contributed by atoms with Gasteiger partial charge in [0.15, 0.2) is 5.82 Å². The highest BCUT2D eigenvalue weighted by atomic mass is 35.5. The number of amides is 1. The molecule has 1 N–H and O–H groups in total. The lowest BCUT2D eigenvalue weighted by Crippen LogP contribution is -2.35. The molecule has 0 saturated carbocycles. The summed E-state index contributed by atoms with van der Waals surface area (Å²) in [5.74, 6) is -1.31. The number of hydrogen-bond acceptors (Lipinski definition) is 4. The van der Waals surface area contributed by atoms with Crippen LogP contribution in [0.4, 0.5) is 16.3 Å². The van der Waals surface area contributed by atoms with Crippen LogP contribution in [0.15, 0.2) is 36.5 Å². The van der Waals surface area contributed by atoms with Crippen LogP contribution in [0.5, 0.6) is 0 Å². The first-order chi connectivity index (χ1) is 11.6. The van der Waals surface area contributed by atoms with E-state index in [1.807, 2.05) is 0 Å². The van der Waals surface area contributed by atoms with Gasteiger partial charge in [-0.3, -0.25) is 0 Å². The van der Waals surface area contributed by atoms with Gasteiger partial charge in [0.05, 0.1) is 15.7 Å². The normalized spacial score (nSPS) is 11.1. The molecule has 132 valence electrons. The fraction of sp³-hybridized carbons (Fsp3) is 0.235. The minimum Gasteiger partial charge on any atom is -0.478 e. The molecular weight excluding hydrogens is 367 g/mol. The van der Waals surface area contributed by atoms with Gasteiger partial charge in [0.25, 0.3) is 0 Å². The summed E-state index contributed by atoms with van der Waals surface area (Å²) in [6.07, 6.45) is 0.600. The molecule has 1 amide bonds. The average Bonchev–Trinajstić information content (AvgIpc) is 2.49. The quantitative estimate of drug-likeness (QED) is 0.792. The van der Waals surface area contributed by atoms with E-state index < -0.39 is 17.7 Å². The zero-order chi connectivity index (χ0) is 18.8. The maximum atomic E-state index is 12.7. The number of carbonyl (C=O) groups excluding carboxylic acids is 1. The number of hydrogen-bond donors (Lipinski definition) is 1. The van der Waals surface area contributed by atoms with Crippen molar-refractivity contribution < 1.29 is 19.4 Å². The van der Waals surface area contributed by atoms with Crippen molar-refractivity contribution in [2.75, 3.05) is 4.90 Å². The second kappa shape index (κ2) is 7.29. The van der Waals surface area contributed by atoms with Gasteiger partial charge >= 0.3 is 12.1 Å². The van der Waals surface area contributed by atoms with E-state index >= 15 is 0 Å². The van der Waals surface area contributed by atoms with Crippen molar-refractivity contribution in [1.82, 2.24) is 4.98 Å². The van der Waals surface area contributed by atoms with Gasteiger partial charge in [-0.2, -0.15) is 0 Å². The summed E-state index contributed by atoms with van der Waals surface area (Å²) in [6.45, 7) is 5.11. The third-order valence-corrected chi connectivity index (χ3v) is 3.71. The Morgan fingerprint density at radius 3 is 2.40 bits per heavy atom. The molecule has 0 fully saturated rings. The highest BCUT2D eigenvalue weighted by Gasteiger charge is 2.29. The minimum absolute atomic E-state index is 0.0809. The van der Waals surface area contributed by atoms with E-state index in [1.165, 1.54) is 36.5 Å². The van der Waals surface area contributed by atoms with Crippen LogP contribution >= 0.6 is 23.2 Å². The van der Waals surface area contributed by atoms with Gasteiger partial charge in [-0.1, -0.05) is 23.2 Å². The standard InChI is InChI=1S/C17H16Cl2N2O4/c1-17(2,3)25-16(24)21(10-6-7-12(18)13(19)9-10)14-11(15(22)23)5-4-8-20-14/h4-9H,1-3H3,(H,22,23). The molecule has 2 aromatic rings. The number of carboxylic acids is 1. The Morgan fingerprint density at radius 2 is 1.84 bits per heavy atom. The molecule has 0 radical (unpaired) electrons. The molecule has 0 aliphatic carbocycles. The van der Waals surface area contributed by atoms with E-state index in [4.69, 9.17) is 27.9 Å². The number of nitrogens with zero attached hydrogens (tertiary/aromatic N) is 2. The Hall–Kier alpha value is -2.31. The van der Waals surface area contributed by atoms with E-state index in [-0.39, 0.29) is 22.1 Å². The molecule has 0 aliphatic heterocycles. The summed E-state index contributed by atoms with van der Waals surface area (Å²) in [6, 6.07) is 7.28. The summed E-state index contributed by atoms with van der Waals surface area (Å²) in [7, 11) is 0. The average molecular weight is 383 g/mol. The lowest BCUT2D eigenvalue weighted by molar-refractivity contribution is 0.0598. The molecule has 8 heteroatoms. The molecular formula is C17H16Cl2N2O4. The Labute approximate surface area is 154 Å². The van der Waals surface area contributed by atoms with Gasteiger partial charge in [0.1, 0.15) is 11.2 Å². The molecule has 1 aromatic carbocycles. The van der Waals surface area contributed by atoms with E-state index in [2.05, 4.69) is 4.98 Å². The van der Waals surface area contributed by atoms with Crippen molar-refractivity contribution in [1.29, 1.82) is 0 Å². The van der Waals surface area contributed by atoms with Crippen LogP contribution in [0.3, 0.4) is 0 Å². The van der Waals surface area contributed by atoms with Gasteiger partial charge in [0.2, 0.25) is 0 Å². The number of carboxylic acid groups (broad SMARTS) is 1. The van der Waals surface area contributed by atoms with E-state index in [0.717, 1.165) is 4.90 Å². The summed E-state index contributed by atoms with van der Waals surface area (Å²) in [4.78, 5) is 29.3. The van der Waals surface area contributed by atoms with Gasteiger partial charge in [-0.25, -0.2) is 19.5 Å². The topological polar surface area (TPSA) is 79.7 Å².